The Morgan fingerprint density at radius 1 is 1.03 bits per heavy atom. The molecule has 1 N–H and O–H groups in total. The molecule has 0 spiro atoms. The van der Waals surface area contributed by atoms with Gasteiger partial charge in [-0.25, -0.2) is 4.79 Å². The summed E-state index contributed by atoms with van der Waals surface area (Å²) in [7, 11) is 0. The van der Waals surface area contributed by atoms with Gasteiger partial charge in [0.1, 0.15) is 12.4 Å². The highest BCUT2D eigenvalue weighted by Gasteiger charge is 2.25. The second-order valence-corrected chi connectivity index (χ2v) is 9.31. The third-order valence-corrected chi connectivity index (χ3v) is 7.24. The van der Waals surface area contributed by atoms with Crippen LogP contribution in [0.25, 0.3) is 5.57 Å². The van der Waals surface area contributed by atoms with Gasteiger partial charge in [-0.05, 0) is 80.5 Å². The number of rotatable bonds is 4. The molecule has 32 heavy (non-hydrogen) atoms. The molecule has 2 fully saturated rings. The van der Waals surface area contributed by atoms with E-state index in [2.05, 4.69) is 53.5 Å². The van der Waals surface area contributed by atoms with Crippen molar-refractivity contribution < 1.29 is 9.53 Å². The summed E-state index contributed by atoms with van der Waals surface area (Å²) in [6, 6.07) is 16.7. The van der Waals surface area contributed by atoms with Gasteiger partial charge in [0.15, 0.2) is 0 Å². The summed E-state index contributed by atoms with van der Waals surface area (Å²) in [6.07, 6.45) is 4.62. The van der Waals surface area contributed by atoms with Crippen molar-refractivity contribution >= 4 is 17.3 Å². The van der Waals surface area contributed by atoms with Gasteiger partial charge in [-0.2, -0.15) is 0 Å². The zero-order chi connectivity index (χ0) is 21.9. The normalized spacial score (nSPS) is 19.6. The van der Waals surface area contributed by atoms with Gasteiger partial charge < -0.3 is 15.0 Å². The first-order chi connectivity index (χ1) is 15.7. The lowest BCUT2D eigenvalue weighted by molar-refractivity contribution is 0.194. The molecule has 5 rings (SSSR count). The molecule has 0 saturated carbocycles. The SMILES string of the molecule is CC1=C(CN2CCCC2)COc2cc(NC(=O)N3CCC(c4ccccc4)CC3)ccc21. The summed E-state index contributed by atoms with van der Waals surface area (Å²) in [5, 5.41) is 3.08. The topological polar surface area (TPSA) is 44.8 Å². The monoisotopic (exact) mass is 431 g/mol. The van der Waals surface area contributed by atoms with E-state index in [4.69, 9.17) is 4.74 Å². The minimum absolute atomic E-state index is 0.0192. The third-order valence-electron chi connectivity index (χ3n) is 7.24. The summed E-state index contributed by atoms with van der Waals surface area (Å²) < 4.78 is 6.10. The van der Waals surface area contributed by atoms with Crippen LogP contribution in [0.4, 0.5) is 10.5 Å². The van der Waals surface area contributed by atoms with Crippen LogP contribution >= 0.6 is 0 Å². The second kappa shape index (κ2) is 9.37. The van der Waals surface area contributed by atoms with E-state index < -0.39 is 0 Å². The lowest BCUT2D eigenvalue weighted by atomic mass is 9.90. The van der Waals surface area contributed by atoms with E-state index in [1.807, 2.05) is 17.0 Å². The largest absolute Gasteiger partial charge is 0.488 e. The number of piperidine rings is 1. The fourth-order valence-electron chi connectivity index (χ4n) is 5.21. The Balaban J connectivity index is 1.20. The molecule has 2 saturated heterocycles. The second-order valence-electron chi connectivity index (χ2n) is 9.31. The van der Waals surface area contributed by atoms with E-state index in [-0.39, 0.29) is 6.03 Å². The minimum atomic E-state index is -0.0192. The van der Waals surface area contributed by atoms with Crippen LogP contribution < -0.4 is 10.1 Å². The number of benzene rings is 2. The van der Waals surface area contributed by atoms with Crippen LogP contribution in [0.2, 0.25) is 0 Å². The zero-order valence-corrected chi connectivity index (χ0v) is 19.0. The summed E-state index contributed by atoms with van der Waals surface area (Å²) in [4.78, 5) is 17.3. The lowest BCUT2D eigenvalue weighted by Gasteiger charge is -2.32. The van der Waals surface area contributed by atoms with Crippen LogP contribution in [-0.2, 0) is 0 Å². The van der Waals surface area contributed by atoms with Crippen molar-refractivity contribution in [1.82, 2.24) is 9.80 Å². The maximum Gasteiger partial charge on any atom is 0.321 e. The van der Waals surface area contributed by atoms with Crippen LogP contribution in [0, 0.1) is 0 Å². The number of hydrogen-bond donors (Lipinski definition) is 1. The third kappa shape index (κ3) is 4.53. The highest BCUT2D eigenvalue weighted by molar-refractivity contribution is 5.90. The standard InChI is InChI=1S/C27H33N3O2/c1-20-23(18-29-13-5-6-14-29)19-32-26-17-24(9-10-25(20)26)28-27(31)30-15-11-22(12-16-30)21-7-3-2-4-8-21/h2-4,7-10,17,22H,5-6,11-16,18-19H2,1H3,(H,28,31). The van der Waals surface area contributed by atoms with Crippen molar-refractivity contribution in [3.8, 4) is 5.75 Å². The van der Waals surface area contributed by atoms with Crippen LogP contribution in [0.1, 0.15) is 49.7 Å². The van der Waals surface area contributed by atoms with E-state index in [9.17, 15) is 4.79 Å². The molecule has 2 amide bonds. The van der Waals surface area contributed by atoms with E-state index >= 15 is 0 Å². The first-order valence-corrected chi connectivity index (χ1v) is 12.0. The molecule has 0 atom stereocenters. The Morgan fingerprint density at radius 2 is 1.78 bits per heavy atom. The Labute approximate surface area is 191 Å². The van der Waals surface area contributed by atoms with Crippen molar-refractivity contribution in [2.24, 2.45) is 0 Å². The van der Waals surface area contributed by atoms with Gasteiger partial charge in [0, 0.05) is 37.0 Å². The molecule has 0 aromatic heterocycles. The first-order valence-electron chi connectivity index (χ1n) is 12.0. The van der Waals surface area contributed by atoms with Crippen LogP contribution in [0.15, 0.2) is 54.1 Å². The molecule has 2 aromatic carbocycles. The van der Waals surface area contributed by atoms with Crippen molar-refractivity contribution in [2.45, 2.75) is 38.5 Å². The van der Waals surface area contributed by atoms with Gasteiger partial charge in [-0.3, -0.25) is 4.90 Å². The molecular weight excluding hydrogens is 398 g/mol. The van der Waals surface area contributed by atoms with Gasteiger partial charge in [-0.15, -0.1) is 0 Å². The quantitative estimate of drug-likeness (QED) is 0.709. The number of likely N-dealkylation sites (tertiary alicyclic amines) is 2. The van der Waals surface area contributed by atoms with Crippen LogP contribution in [0.3, 0.4) is 0 Å². The predicted molar refractivity (Wildman–Crippen MR) is 129 cm³/mol. The smallest absolute Gasteiger partial charge is 0.321 e. The number of fused-ring (bicyclic) bond motifs is 1. The van der Waals surface area contributed by atoms with Gasteiger partial charge in [0.25, 0.3) is 0 Å². The Morgan fingerprint density at radius 3 is 2.53 bits per heavy atom. The number of allylic oxidation sites excluding steroid dienone is 1. The zero-order valence-electron chi connectivity index (χ0n) is 19.0. The fourth-order valence-corrected chi connectivity index (χ4v) is 5.21. The lowest BCUT2D eigenvalue weighted by Crippen LogP contribution is -2.40. The van der Waals surface area contributed by atoms with Crippen molar-refractivity contribution in [2.75, 3.05) is 44.6 Å². The number of ether oxygens (including phenoxy) is 1. The molecule has 3 aliphatic heterocycles. The summed E-state index contributed by atoms with van der Waals surface area (Å²) in [5.41, 5.74) is 6.02. The van der Waals surface area contributed by atoms with Crippen LogP contribution in [0.5, 0.6) is 5.75 Å². The number of urea groups is 1. The van der Waals surface area contributed by atoms with Gasteiger partial charge in [0.2, 0.25) is 0 Å². The molecule has 0 bridgehead atoms. The average molecular weight is 432 g/mol. The molecule has 0 aliphatic carbocycles. The van der Waals surface area contributed by atoms with Gasteiger partial charge >= 0.3 is 6.03 Å². The minimum Gasteiger partial charge on any atom is -0.488 e. The molecule has 3 aliphatic rings. The Kier molecular flexibility index (Phi) is 6.17. The number of amides is 2. The summed E-state index contributed by atoms with van der Waals surface area (Å²) >= 11 is 0. The highest BCUT2D eigenvalue weighted by Crippen LogP contribution is 2.35. The number of carbonyl (C=O) groups is 1. The van der Waals surface area contributed by atoms with Crippen molar-refractivity contribution in [3.63, 3.8) is 0 Å². The molecule has 168 valence electrons. The number of anilines is 1. The van der Waals surface area contributed by atoms with E-state index in [0.29, 0.717) is 12.5 Å². The Hall–Kier alpha value is -2.79. The maximum atomic E-state index is 12.8. The maximum absolute atomic E-state index is 12.8. The van der Waals surface area contributed by atoms with E-state index in [0.717, 1.165) is 49.5 Å². The molecule has 3 heterocycles. The fraction of sp³-hybridized carbons (Fsp3) is 0.444. The average Bonchev–Trinajstić information content (AvgIpc) is 3.35. The summed E-state index contributed by atoms with van der Waals surface area (Å²) in [6.45, 7) is 7.79. The molecule has 0 unspecified atom stereocenters. The number of hydrogen-bond acceptors (Lipinski definition) is 3. The molecule has 5 nitrogen and oxygen atoms in total. The van der Waals surface area contributed by atoms with E-state index in [1.165, 1.54) is 42.6 Å². The van der Waals surface area contributed by atoms with Crippen molar-refractivity contribution in [3.05, 3.63) is 65.2 Å². The molecule has 2 aromatic rings. The number of nitrogens with one attached hydrogen (secondary N) is 1. The molecular formula is C27H33N3O2. The van der Waals surface area contributed by atoms with Crippen molar-refractivity contribution in [1.29, 1.82) is 0 Å². The Bertz CT molecular complexity index is 987. The molecule has 0 radical (unpaired) electrons. The van der Waals surface area contributed by atoms with Gasteiger partial charge in [0.05, 0.1) is 0 Å². The number of nitrogens with zero attached hydrogens (tertiary/aromatic N) is 2. The number of carbonyl (C=O) groups excluding carboxylic acids is 1. The molecule has 5 heteroatoms. The summed E-state index contributed by atoms with van der Waals surface area (Å²) in [5.74, 6) is 1.41. The predicted octanol–water partition coefficient (Wildman–Crippen LogP) is 5.36. The highest BCUT2D eigenvalue weighted by atomic mass is 16.5. The van der Waals surface area contributed by atoms with Crippen LogP contribution in [-0.4, -0.2) is 55.2 Å². The first kappa shape index (κ1) is 21.1. The van der Waals surface area contributed by atoms with Gasteiger partial charge in [-0.1, -0.05) is 30.3 Å². The van der Waals surface area contributed by atoms with E-state index in [1.54, 1.807) is 0 Å².